The number of halogens is 1. The van der Waals surface area contributed by atoms with E-state index in [-0.39, 0.29) is 24.2 Å². The van der Waals surface area contributed by atoms with Crippen LogP contribution in [0, 0.1) is 11.7 Å². The number of hydrogen-bond acceptors (Lipinski definition) is 5. The Morgan fingerprint density at radius 3 is 2.57 bits per heavy atom. The SMILES string of the molecule is O=C(c1cnc2c(c1)N(CC1CC1)C(=O)CN2)N1CCN(c2ccc(F)cc2)CC1. The van der Waals surface area contributed by atoms with Crippen molar-refractivity contribution in [1.82, 2.24) is 9.88 Å². The number of pyridine rings is 1. The van der Waals surface area contributed by atoms with Gasteiger partial charge in [0.25, 0.3) is 5.91 Å². The van der Waals surface area contributed by atoms with E-state index in [0.717, 1.165) is 18.5 Å². The van der Waals surface area contributed by atoms with Gasteiger partial charge < -0.3 is 20.0 Å². The number of aromatic nitrogens is 1. The number of anilines is 3. The molecule has 0 atom stereocenters. The van der Waals surface area contributed by atoms with Crippen LogP contribution in [0.1, 0.15) is 23.2 Å². The molecule has 1 aromatic heterocycles. The Labute approximate surface area is 174 Å². The number of nitrogens with zero attached hydrogens (tertiary/aromatic N) is 4. The molecular weight excluding hydrogens is 385 g/mol. The van der Waals surface area contributed by atoms with Crippen LogP contribution in [-0.4, -0.2) is 61.0 Å². The second kappa shape index (κ2) is 7.59. The molecule has 5 rings (SSSR count). The molecule has 3 heterocycles. The predicted molar refractivity (Wildman–Crippen MR) is 112 cm³/mol. The van der Waals surface area contributed by atoms with Gasteiger partial charge in [0.15, 0.2) is 0 Å². The first-order valence-corrected chi connectivity index (χ1v) is 10.4. The Hall–Kier alpha value is -3.16. The first-order valence-electron chi connectivity index (χ1n) is 10.4. The lowest BCUT2D eigenvalue weighted by atomic mass is 10.1. The normalized spacial score (nSPS) is 18.8. The minimum Gasteiger partial charge on any atom is -0.368 e. The maximum atomic E-state index is 13.1. The molecule has 2 amide bonds. The Morgan fingerprint density at radius 1 is 1.13 bits per heavy atom. The molecule has 3 aliphatic rings. The number of piperazine rings is 1. The van der Waals surface area contributed by atoms with Crippen molar-refractivity contribution in [2.24, 2.45) is 5.92 Å². The van der Waals surface area contributed by atoms with E-state index in [1.807, 2.05) is 4.90 Å². The Morgan fingerprint density at radius 2 is 1.87 bits per heavy atom. The van der Waals surface area contributed by atoms with Crippen molar-refractivity contribution in [3.05, 3.63) is 47.9 Å². The molecule has 0 unspecified atom stereocenters. The minimum absolute atomic E-state index is 0.0220. The van der Waals surface area contributed by atoms with Gasteiger partial charge in [0.1, 0.15) is 11.6 Å². The third kappa shape index (κ3) is 3.69. The van der Waals surface area contributed by atoms with Crippen LogP contribution in [0.5, 0.6) is 0 Å². The smallest absolute Gasteiger partial charge is 0.255 e. The van der Waals surface area contributed by atoms with Crippen LogP contribution in [0.25, 0.3) is 0 Å². The highest BCUT2D eigenvalue weighted by Crippen LogP contribution is 2.35. The Kier molecular flexibility index (Phi) is 4.77. The van der Waals surface area contributed by atoms with E-state index in [1.165, 1.54) is 12.1 Å². The fraction of sp³-hybridized carbons (Fsp3) is 0.409. The molecule has 30 heavy (non-hydrogen) atoms. The van der Waals surface area contributed by atoms with Crippen LogP contribution in [0.4, 0.5) is 21.6 Å². The van der Waals surface area contributed by atoms with Gasteiger partial charge in [-0.2, -0.15) is 0 Å². The zero-order valence-corrected chi connectivity index (χ0v) is 16.7. The molecule has 8 heteroatoms. The van der Waals surface area contributed by atoms with Crippen molar-refractivity contribution in [3.8, 4) is 0 Å². The number of carbonyl (C=O) groups is 2. The van der Waals surface area contributed by atoms with Crippen molar-refractivity contribution in [2.75, 3.05) is 54.4 Å². The quantitative estimate of drug-likeness (QED) is 0.840. The summed E-state index contributed by atoms with van der Waals surface area (Å²) in [4.78, 5) is 35.7. The van der Waals surface area contributed by atoms with Crippen LogP contribution in [-0.2, 0) is 4.79 Å². The van der Waals surface area contributed by atoms with Gasteiger partial charge in [0.2, 0.25) is 5.91 Å². The largest absolute Gasteiger partial charge is 0.368 e. The van der Waals surface area contributed by atoms with Gasteiger partial charge >= 0.3 is 0 Å². The molecule has 1 saturated heterocycles. The van der Waals surface area contributed by atoms with E-state index in [1.54, 1.807) is 29.3 Å². The molecule has 0 spiro atoms. The van der Waals surface area contributed by atoms with E-state index in [9.17, 15) is 14.0 Å². The Bertz CT molecular complexity index is 968. The third-order valence-electron chi connectivity index (χ3n) is 6.01. The van der Waals surface area contributed by atoms with Crippen LogP contribution in [0.2, 0.25) is 0 Å². The van der Waals surface area contributed by atoms with Crippen molar-refractivity contribution >= 4 is 29.0 Å². The number of carbonyl (C=O) groups excluding carboxylic acids is 2. The number of benzene rings is 1. The average molecular weight is 409 g/mol. The summed E-state index contributed by atoms with van der Waals surface area (Å²) in [5.41, 5.74) is 2.16. The van der Waals surface area contributed by atoms with E-state index < -0.39 is 0 Å². The second-order valence-electron chi connectivity index (χ2n) is 8.15. The molecule has 1 saturated carbocycles. The Balaban J connectivity index is 1.29. The van der Waals surface area contributed by atoms with Crippen LogP contribution >= 0.6 is 0 Å². The lowest BCUT2D eigenvalue weighted by molar-refractivity contribution is -0.117. The van der Waals surface area contributed by atoms with Crippen LogP contribution < -0.4 is 15.1 Å². The highest BCUT2D eigenvalue weighted by atomic mass is 19.1. The minimum atomic E-state index is -0.254. The summed E-state index contributed by atoms with van der Waals surface area (Å²) in [7, 11) is 0. The molecule has 7 nitrogen and oxygen atoms in total. The van der Waals surface area contributed by atoms with Crippen LogP contribution in [0.15, 0.2) is 36.5 Å². The van der Waals surface area contributed by atoms with Gasteiger partial charge in [0, 0.05) is 44.6 Å². The van der Waals surface area contributed by atoms with Crippen LogP contribution in [0.3, 0.4) is 0 Å². The van der Waals surface area contributed by atoms with Gasteiger partial charge in [-0.3, -0.25) is 9.59 Å². The third-order valence-corrected chi connectivity index (χ3v) is 6.01. The first-order chi connectivity index (χ1) is 14.6. The van der Waals surface area contributed by atoms with Gasteiger partial charge in [0.05, 0.1) is 17.8 Å². The molecule has 1 aromatic carbocycles. The molecule has 1 N–H and O–H groups in total. The lowest BCUT2D eigenvalue weighted by Crippen LogP contribution is -2.49. The maximum Gasteiger partial charge on any atom is 0.255 e. The average Bonchev–Trinajstić information content (AvgIpc) is 3.60. The number of amides is 2. The monoisotopic (exact) mass is 409 g/mol. The fourth-order valence-corrected chi connectivity index (χ4v) is 4.06. The number of nitrogens with one attached hydrogen (secondary N) is 1. The molecule has 2 aliphatic heterocycles. The van der Waals surface area contributed by atoms with Crippen molar-refractivity contribution in [2.45, 2.75) is 12.8 Å². The number of rotatable bonds is 4. The summed E-state index contributed by atoms with van der Waals surface area (Å²) in [5, 5.41) is 3.05. The number of hydrogen-bond donors (Lipinski definition) is 1. The summed E-state index contributed by atoms with van der Waals surface area (Å²) in [6, 6.07) is 8.23. The zero-order valence-electron chi connectivity index (χ0n) is 16.7. The lowest BCUT2D eigenvalue weighted by Gasteiger charge is -2.36. The van der Waals surface area contributed by atoms with Gasteiger partial charge in [-0.05, 0) is 49.1 Å². The molecule has 2 aromatic rings. The van der Waals surface area contributed by atoms with E-state index in [0.29, 0.717) is 55.7 Å². The summed E-state index contributed by atoms with van der Waals surface area (Å²) in [6.07, 6.45) is 3.89. The highest BCUT2D eigenvalue weighted by molar-refractivity contribution is 6.04. The zero-order chi connectivity index (χ0) is 20.7. The topological polar surface area (TPSA) is 68.8 Å². The van der Waals surface area contributed by atoms with E-state index >= 15 is 0 Å². The van der Waals surface area contributed by atoms with Crippen molar-refractivity contribution in [3.63, 3.8) is 0 Å². The standard InChI is InChI=1S/C22H24FN5O2/c23-17-3-5-18(6-4-17)26-7-9-27(10-8-26)22(30)16-11-19-21(24-12-16)25-13-20(29)28(19)14-15-1-2-15/h3-6,11-12,15H,1-2,7-10,13-14H2,(H,24,25). The molecule has 156 valence electrons. The summed E-state index contributed by atoms with van der Waals surface area (Å²) in [6.45, 7) is 3.47. The van der Waals surface area contributed by atoms with Crippen molar-refractivity contribution < 1.29 is 14.0 Å². The van der Waals surface area contributed by atoms with Gasteiger partial charge in [-0.1, -0.05) is 0 Å². The van der Waals surface area contributed by atoms with E-state index in [2.05, 4.69) is 15.2 Å². The maximum absolute atomic E-state index is 13.1. The fourth-order valence-electron chi connectivity index (χ4n) is 4.06. The molecule has 0 radical (unpaired) electrons. The van der Waals surface area contributed by atoms with E-state index in [4.69, 9.17) is 0 Å². The summed E-state index contributed by atoms with van der Waals surface area (Å²) < 4.78 is 13.1. The summed E-state index contributed by atoms with van der Waals surface area (Å²) in [5.74, 6) is 0.907. The molecular formula is C22H24FN5O2. The summed E-state index contributed by atoms with van der Waals surface area (Å²) >= 11 is 0. The molecule has 1 aliphatic carbocycles. The number of fused-ring (bicyclic) bond motifs is 1. The molecule has 2 fully saturated rings. The highest BCUT2D eigenvalue weighted by Gasteiger charge is 2.32. The predicted octanol–water partition coefficient (Wildman–Crippen LogP) is 2.35. The van der Waals surface area contributed by atoms with Gasteiger partial charge in [-0.15, -0.1) is 0 Å². The molecule has 0 bridgehead atoms. The first kappa shape index (κ1) is 18.8. The second-order valence-corrected chi connectivity index (χ2v) is 8.15. The van der Waals surface area contributed by atoms with Gasteiger partial charge in [-0.25, -0.2) is 9.37 Å². The van der Waals surface area contributed by atoms with Crippen molar-refractivity contribution in [1.29, 1.82) is 0 Å².